The van der Waals surface area contributed by atoms with E-state index in [1.807, 2.05) is 36.4 Å². The summed E-state index contributed by atoms with van der Waals surface area (Å²) in [5, 5.41) is 5.27. The number of hydrogen-bond donors (Lipinski definition) is 1. The average Bonchev–Trinajstić information content (AvgIpc) is 2.69. The molecule has 1 aliphatic heterocycles. The fraction of sp³-hybridized carbons (Fsp3) is 0.227. The number of nitrogens with zero attached hydrogens (tertiary/aromatic N) is 2. The number of piperazine rings is 1. The second-order valence-electron chi connectivity index (χ2n) is 6.85. The van der Waals surface area contributed by atoms with Crippen LogP contribution in [0.4, 0.5) is 15.8 Å². The first kappa shape index (κ1) is 17.5. The lowest BCUT2D eigenvalue weighted by Crippen LogP contribution is -2.48. The molecule has 4 rings (SSSR count). The largest absolute Gasteiger partial charge is 0.369 e. The first-order valence-corrected chi connectivity index (χ1v) is 9.19. The third-order valence-corrected chi connectivity index (χ3v) is 4.96. The molecule has 1 saturated heterocycles. The molecule has 1 N–H and O–H groups in total. The molecular weight excluding hydrogens is 341 g/mol. The Bertz CT molecular complexity index is 934. The fourth-order valence-corrected chi connectivity index (χ4v) is 3.49. The minimum atomic E-state index is -0.220. The van der Waals surface area contributed by atoms with Crippen LogP contribution in [0.3, 0.4) is 0 Å². The van der Waals surface area contributed by atoms with Crippen molar-refractivity contribution >= 4 is 28.1 Å². The maximum Gasteiger partial charge on any atom is 0.238 e. The molecule has 0 aromatic heterocycles. The van der Waals surface area contributed by atoms with E-state index in [9.17, 15) is 9.18 Å². The zero-order valence-corrected chi connectivity index (χ0v) is 15.1. The second-order valence-corrected chi connectivity index (χ2v) is 6.85. The van der Waals surface area contributed by atoms with Gasteiger partial charge in [-0.05, 0) is 47.2 Å². The first-order valence-electron chi connectivity index (χ1n) is 9.19. The van der Waals surface area contributed by atoms with Crippen LogP contribution in [-0.2, 0) is 4.79 Å². The Labute approximate surface area is 158 Å². The number of nitrogens with one attached hydrogen (secondary N) is 1. The number of fused-ring (bicyclic) bond motifs is 1. The molecule has 1 fully saturated rings. The van der Waals surface area contributed by atoms with Crippen LogP contribution in [0.25, 0.3) is 10.8 Å². The fourth-order valence-electron chi connectivity index (χ4n) is 3.49. The van der Waals surface area contributed by atoms with E-state index in [2.05, 4.69) is 21.2 Å². The van der Waals surface area contributed by atoms with Gasteiger partial charge in [-0.1, -0.05) is 30.3 Å². The van der Waals surface area contributed by atoms with Gasteiger partial charge in [-0.15, -0.1) is 0 Å². The molecule has 27 heavy (non-hydrogen) atoms. The van der Waals surface area contributed by atoms with Gasteiger partial charge < -0.3 is 10.2 Å². The van der Waals surface area contributed by atoms with Crippen molar-refractivity contribution in [2.24, 2.45) is 0 Å². The van der Waals surface area contributed by atoms with Gasteiger partial charge in [0.25, 0.3) is 0 Å². The van der Waals surface area contributed by atoms with Crippen LogP contribution in [0, 0.1) is 5.82 Å². The SMILES string of the molecule is O=C(CN1CCN(c2ccc(F)cc2)CC1)Nc1ccc2ccccc2c1. The summed E-state index contributed by atoms with van der Waals surface area (Å²) in [5.74, 6) is -0.219. The molecule has 4 nitrogen and oxygen atoms in total. The Morgan fingerprint density at radius 3 is 2.33 bits per heavy atom. The third-order valence-electron chi connectivity index (χ3n) is 4.96. The van der Waals surface area contributed by atoms with Crippen LogP contribution in [-0.4, -0.2) is 43.5 Å². The predicted molar refractivity (Wildman–Crippen MR) is 108 cm³/mol. The highest BCUT2D eigenvalue weighted by atomic mass is 19.1. The Morgan fingerprint density at radius 2 is 1.59 bits per heavy atom. The number of carbonyl (C=O) groups is 1. The van der Waals surface area contributed by atoms with Crippen LogP contribution in [0.2, 0.25) is 0 Å². The Balaban J connectivity index is 1.30. The summed E-state index contributed by atoms with van der Waals surface area (Å²) < 4.78 is 13.1. The zero-order chi connectivity index (χ0) is 18.6. The normalized spacial score (nSPS) is 15.1. The molecule has 1 aliphatic rings. The minimum Gasteiger partial charge on any atom is -0.369 e. The number of halogens is 1. The van der Waals surface area contributed by atoms with E-state index in [1.165, 1.54) is 12.1 Å². The summed E-state index contributed by atoms with van der Waals surface area (Å²) >= 11 is 0. The zero-order valence-electron chi connectivity index (χ0n) is 15.1. The molecule has 0 bridgehead atoms. The molecule has 1 heterocycles. The molecule has 0 saturated carbocycles. The monoisotopic (exact) mass is 363 g/mol. The van der Waals surface area contributed by atoms with Crippen LogP contribution < -0.4 is 10.2 Å². The number of hydrogen-bond acceptors (Lipinski definition) is 3. The maximum absolute atomic E-state index is 13.1. The standard InChI is InChI=1S/C22H22FN3O/c23-19-6-9-21(10-7-19)26-13-11-25(12-14-26)16-22(27)24-20-8-5-17-3-1-2-4-18(17)15-20/h1-10,15H,11-14,16H2,(H,24,27). The van der Waals surface area contributed by atoms with Crippen molar-refractivity contribution in [3.63, 3.8) is 0 Å². The van der Waals surface area contributed by atoms with E-state index >= 15 is 0 Å². The number of benzene rings is 3. The quantitative estimate of drug-likeness (QED) is 0.767. The van der Waals surface area contributed by atoms with Gasteiger partial charge >= 0.3 is 0 Å². The number of rotatable bonds is 4. The average molecular weight is 363 g/mol. The number of carbonyl (C=O) groups excluding carboxylic acids is 1. The van der Waals surface area contributed by atoms with Gasteiger partial charge in [0.05, 0.1) is 6.54 Å². The van der Waals surface area contributed by atoms with E-state index in [0.29, 0.717) is 6.54 Å². The van der Waals surface area contributed by atoms with Crippen molar-refractivity contribution in [3.05, 3.63) is 72.5 Å². The van der Waals surface area contributed by atoms with Gasteiger partial charge in [0.15, 0.2) is 0 Å². The summed E-state index contributed by atoms with van der Waals surface area (Å²) in [7, 11) is 0. The maximum atomic E-state index is 13.1. The van der Waals surface area contributed by atoms with E-state index in [-0.39, 0.29) is 11.7 Å². The molecule has 138 valence electrons. The summed E-state index contributed by atoms with van der Waals surface area (Å²) in [5.41, 5.74) is 1.85. The summed E-state index contributed by atoms with van der Waals surface area (Å²) in [6.07, 6.45) is 0. The third kappa shape index (κ3) is 4.26. The van der Waals surface area contributed by atoms with Crippen molar-refractivity contribution in [1.82, 2.24) is 4.90 Å². The molecule has 0 spiro atoms. The summed E-state index contributed by atoms with van der Waals surface area (Å²) in [6.45, 7) is 3.65. The van der Waals surface area contributed by atoms with Crippen molar-refractivity contribution in [2.45, 2.75) is 0 Å². The topological polar surface area (TPSA) is 35.6 Å². The lowest BCUT2D eigenvalue weighted by molar-refractivity contribution is -0.117. The Morgan fingerprint density at radius 1 is 0.889 bits per heavy atom. The van der Waals surface area contributed by atoms with E-state index in [0.717, 1.165) is 48.3 Å². The van der Waals surface area contributed by atoms with Crippen LogP contribution in [0.1, 0.15) is 0 Å². The molecule has 0 unspecified atom stereocenters. The van der Waals surface area contributed by atoms with Gasteiger partial charge in [-0.3, -0.25) is 9.69 Å². The second kappa shape index (κ2) is 7.76. The van der Waals surface area contributed by atoms with Gasteiger partial charge in [0.2, 0.25) is 5.91 Å². The predicted octanol–water partition coefficient (Wildman–Crippen LogP) is 3.74. The van der Waals surface area contributed by atoms with Gasteiger partial charge in [0.1, 0.15) is 5.82 Å². The lowest BCUT2D eigenvalue weighted by atomic mass is 10.1. The van der Waals surface area contributed by atoms with Crippen molar-refractivity contribution in [3.8, 4) is 0 Å². The van der Waals surface area contributed by atoms with E-state index in [1.54, 1.807) is 12.1 Å². The molecule has 5 heteroatoms. The van der Waals surface area contributed by atoms with Crippen molar-refractivity contribution < 1.29 is 9.18 Å². The lowest BCUT2D eigenvalue weighted by Gasteiger charge is -2.35. The summed E-state index contributed by atoms with van der Waals surface area (Å²) in [6, 6.07) is 20.6. The summed E-state index contributed by atoms with van der Waals surface area (Å²) in [4.78, 5) is 16.8. The van der Waals surface area contributed by atoms with Gasteiger partial charge in [-0.25, -0.2) is 4.39 Å². The van der Waals surface area contributed by atoms with Crippen molar-refractivity contribution in [1.29, 1.82) is 0 Å². The van der Waals surface area contributed by atoms with E-state index in [4.69, 9.17) is 0 Å². The van der Waals surface area contributed by atoms with Crippen LogP contribution in [0.5, 0.6) is 0 Å². The first-order chi connectivity index (χ1) is 13.2. The molecular formula is C22H22FN3O. The van der Waals surface area contributed by atoms with Gasteiger partial charge in [-0.2, -0.15) is 0 Å². The number of amides is 1. The highest BCUT2D eigenvalue weighted by molar-refractivity contribution is 5.95. The molecule has 0 atom stereocenters. The highest BCUT2D eigenvalue weighted by Crippen LogP contribution is 2.19. The molecule has 3 aromatic carbocycles. The highest BCUT2D eigenvalue weighted by Gasteiger charge is 2.19. The van der Waals surface area contributed by atoms with Crippen LogP contribution >= 0.6 is 0 Å². The minimum absolute atomic E-state index is 0.000475. The Kier molecular flexibility index (Phi) is 5.03. The van der Waals surface area contributed by atoms with Crippen molar-refractivity contribution in [2.75, 3.05) is 42.9 Å². The smallest absolute Gasteiger partial charge is 0.238 e. The van der Waals surface area contributed by atoms with Crippen LogP contribution in [0.15, 0.2) is 66.7 Å². The Hall–Kier alpha value is -2.92. The molecule has 0 aliphatic carbocycles. The van der Waals surface area contributed by atoms with E-state index < -0.39 is 0 Å². The van der Waals surface area contributed by atoms with Gasteiger partial charge in [0, 0.05) is 37.6 Å². The number of anilines is 2. The molecule has 3 aromatic rings. The molecule has 1 amide bonds. The molecule has 0 radical (unpaired) electrons.